The van der Waals surface area contributed by atoms with Crippen molar-refractivity contribution in [2.24, 2.45) is 4.99 Å². The van der Waals surface area contributed by atoms with Crippen LogP contribution >= 0.6 is 12.8 Å². The molecule has 0 N–H and O–H groups in total. The Balaban J connectivity index is 2.63. The van der Waals surface area contributed by atoms with E-state index in [1.165, 1.54) is 0 Å². The molecular formula is C11H10N4S. The average molecular weight is 230 g/mol. The molecule has 2 aromatic rings. The molecule has 4 nitrogen and oxygen atoms in total. The van der Waals surface area contributed by atoms with Crippen LogP contribution in [0.25, 0.3) is 17.6 Å². The van der Waals surface area contributed by atoms with E-state index in [1.54, 1.807) is 16.2 Å². The van der Waals surface area contributed by atoms with Crippen molar-refractivity contribution in [2.45, 2.75) is 0 Å². The van der Waals surface area contributed by atoms with Crippen LogP contribution in [0.4, 0.5) is 5.82 Å². The van der Waals surface area contributed by atoms with E-state index >= 15 is 0 Å². The first-order chi connectivity index (χ1) is 7.77. The summed E-state index contributed by atoms with van der Waals surface area (Å²) in [6.45, 7) is 7.15. The molecule has 2 rings (SSSR count). The van der Waals surface area contributed by atoms with Crippen molar-refractivity contribution in [2.75, 3.05) is 0 Å². The van der Waals surface area contributed by atoms with Gasteiger partial charge in [0.1, 0.15) is 11.4 Å². The molecule has 0 atom stereocenters. The van der Waals surface area contributed by atoms with Gasteiger partial charge in [0.25, 0.3) is 0 Å². The fourth-order valence-electron chi connectivity index (χ4n) is 1.37. The predicted octanol–water partition coefficient (Wildman–Crippen LogP) is 2.61. The summed E-state index contributed by atoms with van der Waals surface area (Å²) in [6.07, 6.45) is 3.32. The van der Waals surface area contributed by atoms with Crippen molar-refractivity contribution in [3.05, 3.63) is 36.7 Å². The Labute approximate surface area is 98.9 Å². The second-order valence-corrected chi connectivity index (χ2v) is 3.43. The second-order valence-electron chi connectivity index (χ2n) is 3.03. The van der Waals surface area contributed by atoms with Crippen molar-refractivity contribution in [3.63, 3.8) is 0 Å². The number of aromatic nitrogens is 3. The molecule has 0 unspecified atom stereocenters. The molecule has 0 fully saturated rings. The van der Waals surface area contributed by atoms with E-state index in [0.717, 1.165) is 5.69 Å². The molecule has 0 radical (unpaired) electrons. The maximum Gasteiger partial charge on any atom is 0.171 e. The minimum absolute atomic E-state index is 0.569. The van der Waals surface area contributed by atoms with Crippen molar-refractivity contribution in [1.29, 1.82) is 0 Å². The summed E-state index contributed by atoms with van der Waals surface area (Å²) in [5.41, 5.74) is 1.38. The van der Waals surface area contributed by atoms with Gasteiger partial charge in [-0.1, -0.05) is 25.5 Å². The largest absolute Gasteiger partial charge is 0.253 e. The quantitative estimate of drug-likeness (QED) is 0.650. The number of thiol groups is 1. The smallest absolute Gasteiger partial charge is 0.171 e. The predicted molar refractivity (Wildman–Crippen MR) is 69.1 cm³/mol. The van der Waals surface area contributed by atoms with Gasteiger partial charge in [-0.2, -0.15) is 0 Å². The fraction of sp³-hybridized carbons (Fsp3) is 0. The molecule has 0 saturated heterocycles. The Hall–Kier alpha value is -1.88. The molecule has 0 aliphatic rings. The van der Waals surface area contributed by atoms with Gasteiger partial charge >= 0.3 is 0 Å². The van der Waals surface area contributed by atoms with Gasteiger partial charge in [-0.15, -0.1) is 0 Å². The van der Waals surface area contributed by atoms with E-state index in [2.05, 4.69) is 41.1 Å². The molecular weight excluding hydrogens is 220 g/mol. The number of pyridine rings is 1. The lowest BCUT2D eigenvalue weighted by Gasteiger charge is -1.99. The Kier molecular flexibility index (Phi) is 2.87. The summed E-state index contributed by atoms with van der Waals surface area (Å²) in [4.78, 5) is 12.4. The molecule has 2 aromatic heterocycles. The van der Waals surface area contributed by atoms with E-state index in [4.69, 9.17) is 0 Å². The molecule has 0 spiro atoms. The van der Waals surface area contributed by atoms with Gasteiger partial charge < -0.3 is 0 Å². The van der Waals surface area contributed by atoms with Crippen LogP contribution in [-0.2, 0) is 0 Å². The molecule has 0 amide bonds. The van der Waals surface area contributed by atoms with Gasteiger partial charge in [0, 0.05) is 6.20 Å². The van der Waals surface area contributed by atoms with Gasteiger partial charge in [-0.25, -0.2) is 9.98 Å². The highest BCUT2D eigenvalue weighted by Gasteiger charge is 2.14. The summed E-state index contributed by atoms with van der Waals surface area (Å²) in [5, 5.41) is 0. The highest BCUT2D eigenvalue weighted by molar-refractivity contribution is 7.78. The average Bonchev–Trinajstić information content (AvgIpc) is 2.66. The van der Waals surface area contributed by atoms with Crippen LogP contribution in [0.15, 0.2) is 36.0 Å². The Morgan fingerprint density at radius 3 is 2.75 bits per heavy atom. The zero-order valence-electron chi connectivity index (χ0n) is 8.54. The Morgan fingerprint density at radius 2 is 2.25 bits per heavy atom. The zero-order chi connectivity index (χ0) is 11.5. The van der Waals surface area contributed by atoms with E-state index in [0.29, 0.717) is 17.3 Å². The molecule has 5 heteroatoms. The number of hydrogen-bond acceptors (Lipinski definition) is 4. The van der Waals surface area contributed by atoms with Gasteiger partial charge in [0.2, 0.25) is 0 Å². The third-order valence-electron chi connectivity index (χ3n) is 2.09. The van der Waals surface area contributed by atoms with Crippen LogP contribution < -0.4 is 0 Å². The molecule has 0 saturated carbocycles. The van der Waals surface area contributed by atoms with Crippen molar-refractivity contribution >= 4 is 31.4 Å². The van der Waals surface area contributed by atoms with E-state index in [9.17, 15) is 0 Å². The Morgan fingerprint density at radius 1 is 1.44 bits per heavy atom. The molecule has 16 heavy (non-hydrogen) atoms. The molecule has 2 heterocycles. The normalized spacial score (nSPS) is 10.1. The van der Waals surface area contributed by atoms with E-state index < -0.39 is 0 Å². The molecule has 0 bridgehead atoms. The standard InChI is InChI=1S/C11H10N4S/c1-3-8-10(12-2)15(16)11(14-8)9-6-4-5-7-13-9/h3-7,16H,1-2H2. The van der Waals surface area contributed by atoms with Gasteiger partial charge in [0.05, 0.1) is 0 Å². The number of nitrogens with zero attached hydrogens (tertiary/aromatic N) is 4. The van der Waals surface area contributed by atoms with Crippen LogP contribution in [0.1, 0.15) is 5.69 Å². The lowest BCUT2D eigenvalue weighted by Crippen LogP contribution is -1.89. The van der Waals surface area contributed by atoms with Crippen LogP contribution in [-0.4, -0.2) is 20.7 Å². The maximum absolute atomic E-state index is 4.34. The SMILES string of the molecule is C=Cc1nc(-c2ccccn2)n(S)c1N=C. The maximum atomic E-state index is 4.34. The first-order valence-electron chi connectivity index (χ1n) is 4.60. The number of rotatable bonds is 3. The topological polar surface area (TPSA) is 43.1 Å². The highest BCUT2D eigenvalue weighted by atomic mass is 32.1. The number of aliphatic imine (C=N–C) groups is 1. The van der Waals surface area contributed by atoms with Crippen LogP contribution in [0.2, 0.25) is 0 Å². The fourth-order valence-corrected chi connectivity index (χ4v) is 1.68. The molecule has 80 valence electrons. The molecule has 0 aromatic carbocycles. The Bertz CT molecular complexity index is 530. The van der Waals surface area contributed by atoms with E-state index in [-0.39, 0.29) is 0 Å². The highest BCUT2D eigenvalue weighted by Crippen LogP contribution is 2.28. The lowest BCUT2D eigenvalue weighted by molar-refractivity contribution is 1.18. The zero-order valence-corrected chi connectivity index (χ0v) is 9.43. The third kappa shape index (κ3) is 1.65. The summed E-state index contributed by atoms with van der Waals surface area (Å²) in [7, 11) is 0. The number of imidazole rings is 1. The number of hydrogen-bond donors (Lipinski definition) is 1. The molecule has 0 aliphatic heterocycles. The summed E-state index contributed by atoms with van der Waals surface area (Å²) < 4.78 is 1.55. The lowest BCUT2D eigenvalue weighted by atomic mass is 10.3. The minimum atomic E-state index is 0.569. The monoisotopic (exact) mass is 230 g/mol. The van der Waals surface area contributed by atoms with Crippen molar-refractivity contribution in [1.82, 2.24) is 13.9 Å². The van der Waals surface area contributed by atoms with E-state index in [1.807, 2.05) is 18.2 Å². The van der Waals surface area contributed by atoms with Gasteiger partial charge in [-0.05, 0) is 24.9 Å². The van der Waals surface area contributed by atoms with Crippen LogP contribution in [0.5, 0.6) is 0 Å². The third-order valence-corrected chi connectivity index (χ3v) is 2.47. The van der Waals surface area contributed by atoms with Crippen LogP contribution in [0.3, 0.4) is 0 Å². The van der Waals surface area contributed by atoms with Crippen molar-refractivity contribution in [3.8, 4) is 11.5 Å². The first kappa shape index (κ1) is 10.6. The van der Waals surface area contributed by atoms with Gasteiger partial charge in [0.15, 0.2) is 11.6 Å². The minimum Gasteiger partial charge on any atom is -0.253 e. The summed E-state index contributed by atoms with van der Waals surface area (Å²) in [6, 6.07) is 5.59. The second kappa shape index (κ2) is 4.32. The summed E-state index contributed by atoms with van der Waals surface area (Å²) >= 11 is 4.31. The van der Waals surface area contributed by atoms with Crippen LogP contribution in [0, 0.1) is 0 Å². The van der Waals surface area contributed by atoms with Crippen molar-refractivity contribution < 1.29 is 0 Å². The van der Waals surface area contributed by atoms with Gasteiger partial charge in [-0.3, -0.25) is 8.96 Å². The summed E-state index contributed by atoms with van der Waals surface area (Å²) in [5.74, 6) is 1.19. The first-order valence-corrected chi connectivity index (χ1v) is 5.00. The molecule has 0 aliphatic carbocycles.